The van der Waals surface area contributed by atoms with Gasteiger partial charge in [0.05, 0.1) is 14.1 Å². The van der Waals surface area contributed by atoms with Crippen LogP contribution in [0.3, 0.4) is 0 Å². The van der Waals surface area contributed by atoms with Crippen molar-refractivity contribution >= 4 is 11.8 Å². The molecule has 0 spiro atoms. The van der Waals surface area contributed by atoms with Crippen LogP contribution < -0.4 is 11.1 Å². The number of carbonyl (C=O) groups is 2. The summed E-state index contributed by atoms with van der Waals surface area (Å²) in [6.07, 6.45) is 1.99. The van der Waals surface area contributed by atoms with E-state index in [0.29, 0.717) is 10.5 Å². The molecule has 6 heteroatoms. The molecule has 1 aliphatic rings. The summed E-state index contributed by atoms with van der Waals surface area (Å²) in [4.78, 5) is 25.4. The number of nitrogens with one attached hydrogen (secondary N) is 1. The topological polar surface area (TPSA) is 75.4 Å². The highest BCUT2D eigenvalue weighted by molar-refractivity contribution is 5.78. The van der Waals surface area contributed by atoms with Crippen LogP contribution in [0.15, 0.2) is 0 Å². The van der Waals surface area contributed by atoms with Gasteiger partial charge in [0.2, 0.25) is 0 Å². The van der Waals surface area contributed by atoms with E-state index in [1.807, 2.05) is 14.1 Å². The Morgan fingerprint density at radius 3 is 2.25 bits per heavy atom. The van der Waals surface area contributed by atoms with Gasteiger partial charge in [0.25, 0.3) is 11.8 Å². The molecule has 116 valence electrons. The minimum absolute atomic E-state index is 0.000697. The molecule has 1 aliphatic heterocycles. The van der Waals surface area contributed by atoms with Crippen molar-refractivity contribution in [2.75, 3.05) is 40.3 Å². The average Bonchev–Trinajstić information content (AvgIpc) is 2.26. The maximum atomic E-state index is 12.0. The molecule has 3 N–H and O–H groups in total. The third-order valence-electron chi connectivity index (χ3n) is 3.78. The summed E-state index contributed by atoms with van der Waals surface area (Å²) < 4.78 is 0.298. The van der Waals surface area contributed by atoms with Crippen molar-refractivity contribution in [1.29, 1.82) is 0 Å². The van der Waals surface area contributed by atoms with E-state index in [0.717, 1.165) is 25.9 Å². The molecule has 0 aliphatic carbocycles. The summed E-state index contributed by atoms with van der Waals surface area (Å²) in [5.41, 5.74) is 5.19. The van der Waals surface area contributed by atoms with Gasteiger partial charge in [-0.15, -0.1) is 0 Å². The molecular formula is C14H29N4O2+. The predicted molar refractivity (Wildman–Crippen MR) is 78.9 cm³/mol. The predicted octanol–water partition coefficient (Wildman–Crippen LogP) is -0.463. The van der Waals surface area contributed by atoms with Crippen molar-refractivity contribution in [1.82, 2.24) is 10.2 Å². The average molecular weight is 285 g/mol. The number of carbonyl (C=O) groups excluding carboxylic acids is 2. The number of quaternary nitrogens is 1. The standard InChI is InChI=1S/C14H28N4O2/c1-11(2)17-7-5-12(6-8-17)16-14(20)10-18(3,4)9-13(15)19/h11-12H,5-10H2,1-4H3,(H2-,15,16,19,20)/p+1. The lowest BCUT2D eigenvalue weighted by molar-refractivity contribution is -0.874. The van der Waals surface area contributed by atoms with Crippen molar-refractivity contribution < 1.29 is 14.1 Å². The molecule has 0 atom stereocenters. The number of rotatable bonds is 6. The molecule has 1 rings (SSSR count). The molecule has 2 amide bonds. The van der Waals surface area contributed by atoms with Gasteiger partial charge in [0.1, 0.15) is 0 Å². The van der Waals surface area contributed by atoms with Crippen LogP contribution in [-0.4, -0.2) is 73.6 Å². The summed E-state index contributed by atoms with van der Waals surface area (Å²) in [5, 5.41) is 3.07. The van der Waals surface area contributed by atoms with Gasteiger partial charge in [-0.05, 0) is 26.7 Å². The molecule has 0 aromatic heterocycles. The molecule has 20 heavy (non-hydrogen) atoms. The molecule has 0 aromatic rings. The van der Waals surface area contributed by atoms with Gasteiger partial charge in [-0.3, -0.25) is 9.59 Å². The second-order valence-electron chi connectivity index (χ2n) is 6.69. The molecule has 0 aromatic carbocycles. The number of hydrogen-bond donors (Lipinski definition) is 2. The van der Waals surface area contributed by atoms with E-state index in [-0.39, 0.29) is 30.9 Å². The minimum atomic E-state index is -0.381. The Morgan fingerprint density at radius 1 is 1.25 bits per heavy atom. The third kappa shape index (κ3) is 5.88. The van der Waals surface area contributed by atoms with Gasteiger partial charge in [-0.2, -0.15) is 0 Å². The Hall–Kier alpha value is -1.14. The molecule has 0 saturated carbocycles. The fourth-order valence-corrected chi connectivity index (χ4v) is 2.70. The third-order valence-corrected chi connectivity index (χ3v) is 3.78. The largest absolute Gasteiger partial charge is 0.365 e. The molecular weight excluding hydrogens is 256 g/mol. The maximum Gasteiger partial charge on any atom is 0.275 e. The number of nitrogens with two attached hydrogens (primary N) is 1. The fourth-order valence-electron chi connectivity index (χ4n) is 2.70. The van der Waals surface area contributed by atoms with Gasteiger partial charge in [-0.25, -0.2) is 0 Å². The van der Waals surface area contributed by atoms with Crippen LogP contribution in [0.1, 0.15) is 26.7 Å². The summed E-state index contributed by atoms with van der Waals surface area (Å²) in [6, 6.07) is 0.823. The first-order chi connectivity index (χ1) is 9.19. The van der Waals surface area contributed by atoms with E-state index in [1.165, 1.54) is 0 Å². The first-order valence-electron chi connectivity index (χ1n) is 7.33. The van der Waals surface area contributed by atoms with Gasteiger partial charge < -0.3 is 20.4 Å². The number of likely N-dealkylation sites (N-methyl/N-ethyl adjacent to an activating group) is 1. The monoisotopic (exact) mass is 285 g/mol. The zero-order chi connectivity index (χ0) is 15.3. The summed E-state index contributed by atoms with van der Waals surface area (Å²) in [7, 11) is 3.68. The molecule has 0 radical (unpaired) electrons. The minimum Gasteiger partial charge on any atom is -0.365 e. The zero-order valence-electron chi connectivity index (χ0n) is 13.2. The number of primary amides is 1. The Morgan fingerprint density at radius 2 is 1.80 bits per heavy atom. The Bertz CT molecular complexity index is 347. The van der Waals surface area contributed by atoms with Gasteiger partial charge in [0, 0.05) is 25.2 Å². The number of likely N-dealkylation sites (tertiary alicyclic amines) is 1. The lowest BCUT2D eigenvalue weighted by Gasteiger charge is -2.35. The van der Waals surface area contributed by atoms with Crippen molar-refractivity contribution in [2.24, 2.45) is 5.73 Å². The van der Waals surface area contributed by atoms with Crippen LogP contribution in [0.4, 0.5) is 0 Å². The van der Waals surface area contributed by atoms with Gasteiger partial charge >= 0.3 is 0 Å². The second kappa shape index (κ2) is 7.04. The molecule has 1 fully saturated rings. The first kappa shape index (κ1) is 16.9. The zero-order valence-corrected chi connectivity index (χ0v) is 13.2. The van der Waals surface area contributed by atoms with E-state index in [1.54, 1.807) is 0 Å². The highest BCUT2D eigenvalue weighted by atomic mass is 16.2. The number of piperidine rings is 1. The highest BCUT2D eigenvalue weighted by Gasteiger charge is 2.26. The van der Waals surface area contributed by atoms with E-state index >= 15 is 0 Å². The number of nitrogens with zero attached hydrogens (tertiary/aromatic N) is 2. The lowest BCUT2D eigenvalue weighted by atomic mass is 10.0. The summed E-state index contributed by atoms with van der Waals surface area (Å²) >= 11 is 0. The van der Waals surface area contributed by atoms with Crippen molar-refractivity contribution in [3.8, 4) is 0 Å². The molecule has 0 unspecified atom stereocenters. The Kier molecular flexibility index (Phi) is 5.95. The normalized spacial score (nSPS) is 18.2. The van der Waals surface area contributed by atoms with Crippen LogP contribution >= 0.6 is 0 Å². The van der Waals surface area contributed by atoms with Crippen molar-refractivity contribution in [2.45, 2.75) is 38.8 Å². The maximum absolute atomic E-state index is 12.0. The molecule has 1 heterocycles. The Labute approximate surface area is 121 Å². The van der Waals surface area contributed by atoms with Crippen LogP contribution in [-0.2, 0) is 9.59 Å². The van der Waals surface area contributed by atoms with Crippen LogP contribution in [0, 0.1) is 0 Å². The summed E-state index contributed by atoms with van der Waals surface area (Å²) in [5.74, 6) is -0.382. The van der Waals surface area contributed by atoms with E-state index in [4.69, 9.17) is 5.73 Å². The van der Waals surface area contributed by atoms with Gasteiger partial charge in [-0.1, -0.05) is 0 Å². The quantitative estimate of drug-likeness (QED) is 0.648. The van der Waals surface area contributed by atoms with E-state index in [2.05, 4.69) is 24.1 Å². The number of amides is 2. The molecule has 6 nitrogen and oxygen atoms in total. The Balaban J connectivity index is 2.35. The fraction of sp³-hybridized carbons (Fsp3) is 0.857. The van der Waals surface area contributed by atoms with E-state index in [9.17, 15) is 9.59 Å². The van der Waals surface area contributed by atoms with Crippen LogP contribution in [0.5, 0.6) is 0 Å². The van der Waals surface area contributed by atoms with Crippen molar-refractivity contribution in [3.05, 3.63) is 0 Å². The molecule has 1 saturated heterocycles. The highest BCUT2D eigenvalue weighted by Crippen LogP contribution is 2.13. The smallest absolute Gasteiger partial charge is 0.275 e. The summed E-state index contributed by atoms with van der Waals surface area (Å²) in [6.45, 7) is 6.92. The van der Waals surface area contributed by atoms with Crippen LogP contribution in [0.25, 0.3) is 0 Å². The second-order valence-corrected chi connectivity index (χ2v) is 6.69. The first-order valence-corrected chi connectivity index (χ1v) is 7.33. The van der Waals surface area contributed by atoms with Gasteiger partial charge in [0.15, 0.2) is 13.1 Å². The SMILES string of the molecule is CC(C)N1CCC(NC(=O)C[N+](C)(C)CC(N)=O)CC1. The van der Waals surface area contributed by atoms with Crippen molar-refractivity contribution in [3.63, 3.8) is 0 Å². The molecule has 0 bridgehead atoms. The lowest BCUT2D eigenvalue weighted by Crippen LogP contribution is -2.54. The number of hydrogen-bond acceptors (Lipinski definition) is 3. The van der Waals surface area contributed by atoms with Crippen LogP contribution in [0.2, 0.25) is 0 Å². The van der Waals surface area contributed by atoms with E-state index < -0.39 is 0 Å².